The second-order valence-electron chi connectivity index (χ2n) is 9.76. The van der Waals surface area contributed by atoms with Gasteiger partial charge in [0.15, 0.2) is 0 Å². The molecule has 2 atom stereocenters. The fourth-order valence-electron chi connectivity index (χ4n) is 4.95. The first kappa shape index (κ1) is 22.8. The van der Waals surface area contributed by atoms with Crippen LogP contribution >= 0.6 is 0 Å². The van der Waals surface area contributed by atoms with Gasteiger partial charge in [-0.05, 0) is 61.1 Å². The molecule has 5 heteroatoms. The SMILES string of the molecule is CCC(CCCCN1C(=O)CC(C)(C)CC1=O)NC1CCc2cccc(OC)c2C1. The van der Waals surface area contributed by atoms with E-state index in [4.69, 9.17) is 4.74 Å². The molecule has 1 aliphatic carbocycles. The summed E-state index contributed by atoms with van der Waals surface area (Å²) in [5, 5.41) is 3.86. The quantitative estimate of drug-likeness (QED) is 0.484. The first-order valence-corrected chi connectivity index (χ1v) is 11.6. The minimum Gasteiger partial charge on any atom is -0.496 e. The molecule has 5 nitrogen and oxygen atoms in total. The van der Waals surface area contributed by atoms with Crippen LogP contribution in [0.5, 0.6) is 5.75 Å². The van der Waals surface area contributed by atoms with Crippen LogP contribution in [0.25, 0.3) is 0 Å². The number of hydrogen-bond donors (Lipinski definition) is 1. The second-order valence-corrected chi connectivity index (χ2v) is 9.76. The smallest absolute Gasteiger partial charge is 0.229 e. The highest BCUT2D eigenvalue weighted by Gasteiger charge is 2.36. The molecular weight excluding hydrogens is 376 g/mol. The van der Waals surface area contributed by atoms with Gasteiger partial charge in [0.1, 0.15) is 5.75 Å². The molecule has 2 unspecified atom stereocenters. The zero-order valence-corrected chi connectivity index (χ0v) is 19.1. The number of nitrogens with one attached hydrogen (secondary N) is 1. The summed E-state index contributed by atoms with van der Waals surface area (Å²) in [4.78, 5) is 26.1. The third-order valence-electron chi connectivity index (χ3n) is 6.67. The minimum absolute atomic E-state index is 0.00349. The van der Waals surface area contributed by atoms with Crippen LogP contribution in [0.2, 0.25) is 0 Å². The lowest BCUT2D eigenvalue weighted by Crippen LogP contribution is -2.46. The molecule has 1 heterocycles. The van der Waals surface area contributed by atoms with Crippen molar-refractivity contribution in [2.24, 2.45) is 5.41 Å². The number of unbranched alkanes of at least 4 members (excludes halogenated alkanes) is 1. The predicted octanol–water partition coefficient (Wildman–Crippen LogP) is 4.27. The van der Waals surface area contributed by atoms with Gasteiger partial charge < -0.3 is 10.1 Å². The van der Waals surface area contributed by atoms with E-state index in [9.17, 15) is 9.59 Å². The summed E-state index contributed by atoms with van der Waals surface area (Å²) in [7, 11) is 1.75. The molecule has 1 fully saturated rings. The van der Waals surface area contributed by atoms with Crippen LogP contribution in [0.15, 0.2) is 18.2 Å². The zero-order valence-electron chi connectivity index (χ0n) is 19.1. The van der Waals surface area contributed by atoms with Crippen molar-refractivity contribution in [1.29, 1.82) is 0 Å². The molecule has 1 aromatic carbocycles. The number of fused-ring (bicyclic) bond motifs is 1. The summed E-state index contributed by atoms with van der Waals surface area (Å²) in [5.41, 5.74) is 2.58. The molecule has 0 aromatic heterocycles. The lowest BCUT2D eigenvalue weighted by Gasteiger charge is -2.34. The van der Waals surface area contributed by atoms with Crippen LogP contribution in [-0.2, 0) is 22.4 Å². The lowest BCUT2D eigenvalue weighted by atomic mass is 9.81. The van der Waals surface area contributed by atoms with Crippen LogP contribution in [0.1, 0.15) is 76.8 Å². The molecule has 30 heavy (non-hydrogen) atoms. The predicted molar refractivity (Wildman–Crippen MR) is 120 cm³/mol. The summed E-state index contributed by atoms with van der Waals surface area (Å²) in [6.45, 7) is 6.79. The molecule has 0 saturated carbocycles. The van der Waals surface area contributed by atoms with Crippen molar-refractivity contribution in [3.63, 3.8) is 0 Å². The summed E-state index contributed by atoms with van der Waals surface area (Å²) >= 11 is 0. The molecule has 0 bridgehead atoms. The molecule has 3 rings (SSSR count). The number of carbonyl (C=O) groups excluding carboxylic acids is 2. The number of likely N-dealkylation sites (tertiary alicyclic amines) is 1. The van der Waals surface area contributed by atoms with Crippen LogP contribution in [0.4, 0.5) is 0 Å². The van der Waals surface area contributed by atoms with Crippen molar-refractivity contribution in [3.05, 3.63) is 29.3 Å². The van der Waals surface area contributed by atoms with Gasteiger partial charge in [-0.2, -0.15) is 0 Å². The highest BCUT2D eigenvalue weighted by atomic mass is 16.5. The Morgan fingerprint density at radius 3 is 2.60 bits per heavy atom. The van der Waals surface area contributed by atoms with Gasteiger partial charge in [-0.25, -0.2) is 0 Å². The van der Waals surface area contributed by atoms with E-state index in [2.05, 4.69) is 30.4 Å². The minimum atomic E-state index is -0.191. The van der Waals surface area contributed by atoms with Crippen LogP contribution < -0.4 is 10.1 Å². The molecule has 1 N–H and O–H groups in total. The zero-order chi connectivity index (χ0) is 21.7. The maximum atomic E-state index is 12.3. The van der Waals surface area contributed by atoms with Gasteiger partial charge in [0.2, 0.25) is 11.8 Å². The molecule has 1 aliphatic heterocycles. The van der Waals surface area contributed by atoms with Crippen molar-refractivity contribution in [2.75, 3.05) is 13.7 Å². The monoisotopic (exact) mass is 414 g/mol. The third kappa shape index (κ3) is 5.63. The van der Waals surface area contributed by atoms with Crippen LogP contribution in [-0.4, -0.2) is 42.5 Å². The Bertz CT molecular complexity index is 725. The van der Waals surface area contributed by atoms with Gasteiger partial charge in [0.05, 0.1) is 7.11 Å². The Labute approximate surface area is 181 Å². The first-order chi connectivity index (χ1) is 14.3. The Balaban J connectivity index is 1.44. The topological polar surface area (TPSA) is 58.6 Å². The normalized spacial score (nSPS) is 22.0. The van der Waals surface area contributed by atoms with E-state index in [-0.39, 0.29) is 17.2 Å². The van der Waals surface area contributed by atoms with Crippen molar-refractivity contribution in [3.8, 4) is 5.75 Å². The van der Waals surface area contributed by atoms with Gasteiger partial charge in [0, 0.05) is 31.5 Å². The molecule has 1 aromatic rings. The fourth-order valence-corrected chi connectivity index (χ4v) is 4.95. The van der Waals surface area contributed by atoms with Crippen LogP contribution in [0, 0.1) is 5.41 Å². The van der Waals surface area contributed by atoms with E-state index in [0.29, 0.717) is 31.5 Å². The van der Waals surface area contributed by atoms with E-state index in [1.165, 1.54) is 16.0 Å². The Morgan fingerprint density at radius 1 is 1.20 bits per heavy atom. The van der Waals surface area contributed by atoms with E-state index < -0.39 is 0 Å². The third-order valence-corrected chi connectivity index (χ3v) is 6.67. The van der Waals surface area contributed by atoms with Crippen molar-refractivity contribution in [2.45, 2.75) is 90.6 Å². The van der Waals surface area contributed by atoms with Crippen molar-refractivity contribution in [1.82, 2.24) is 10.2 Å². The van der Waals surface area contributed by atoms with E-state index in [1.807, 2.05) is 13.8 Å². The number of piperidine rings is 1. The van der Waals surface area contributed by atoms with Gasteiger partial charge in [0.25, 0.3) is 0 Å². The number of aryl methyl sites for hydroxylation is 1. The number of carbonyl (C=O) groups is 2. The molecule has 0 spiro atoms. The number of imide groups is 1. The van der Waals surface area contributed by atoms with Crippen LogP contribution in [0.3, 0.4) is 0 Å². The highest BCUT2D eigenvalue weighted by Crippen LogP contribution is 2.32. The van der Waals surface area contributed by atoms with Gasteiger partial charge in [-0.15, -0.1) is 0 Å². The average molecular weight is 415 g/mol. The van der Waals surface area contributed by atoms with Gasteiger partial charge >= 0.3 is 0 Å². The number of methoxy groups -OCH3 is 1. The van der Waals surface area contributed by atoms with Gasteiger partial charge in [-0.3, -0.25) is 14.5 Å². The Kier molecular flexibility index (Phi) is 7.56. The number of hydrogen-bond acceptors (Lipinski definition) is 4. The average Bonchev–Trinajstić information content (AvgIpc) is 2.70. The standard InChI is InChI=1S/C25H38N2O3/c1-5-19(10-6-7-14-27-23(28)16-25(2,3)17-24(27)29)26-20-13-12-18-9-8-11-22(30-4)21(18)15-20/h8-9,11,19-20,26H,5-7,10,12-17H2,1-4H3. The molecule has 0 radical (unpaired) electrons. The molecular formula is C25H38N2O3. The Morgan fingerprint density at radius 2 is 1.93 bits per heavy atom. The van der Waals surface area contributed by atoms with Gasteiger partial charge in [-0.1, -0.05) is 39.3 Å². The Hall–Kier alpha value is -1.88. The number of nitrogens with zero attached hydrogens (tertiary/aromatic N) is 1. The summed E-state index contributed by atoms with van der Waals surface area (Å²) in [6.07, 6.45) is 8.30. The summed E-state index contributed by atoms with van der Waals surface area (Å²) in [5.74, 6) is 0.999. The summed E-state index contributed by atoms with van der Waals surface area (Å²) in [6, 6.07) is 7.31. The number of rotatable bonds is 9. The first-order valence-electron chi connectivity index (χ1n) is 11.6. The molecule has 2 aliphatic rings. The van der Waals surface area contributed by atoms with Crippen molar-refractivity contribution < 1.29 is 14.3 Å². The lowest BCUT2D eigenvalue weighted by molar-refractivity contribution is -0.152. The maximum absolute atomic E-state index is 12.3. The number of ether oxygens (including phenoxy) is 1. The molecule has 166 valence electrons. The van der Waals surface area contributed by atoms with Crippen molar-refractivity contribution >= 4 is 11.8 Å². The molecule has 1 saturated heterocycles. The maximum Gasteiger partial charge on any atom is 0.229 e. The highest BCUT2D eigenvalue weighted by molar-refractivity contribution is 5.98. The van der Waals surface area contributed by atoms with E-state index in [0.717, 1.165) is 50.7 Å². The number of benzene rings is 1. The second kappa shape index (κ2) is 9.95. The summed E-state index contributed by atoms with van der Waals surface area (Å²) < 4.78 is 5.57. The van der Waals surface area contributed by atoms with E-state index in [1.54, 1.807) is 7.11 Å². The molecule has 2 amide bonds. The fraction of sp³-hybridized carbons (Fsp3) is 0.680. The largest absolute Gasteiger partial charge is 0.496 e. The number of amides is 2. The van der Waals surface area contributed by atoms with E-state index >= 15 is 0 Å².